The van der Waals surface area contributed by atoms with Crippen LogP contribution in [0.1, 0.15) is 16.1 Å². The molecule has 0 aliphatic rings. The summed E-state index contributed by atoms with van der Waals surface area (Å²) in [4.78, 5) is 18.5. The van der Waals surface area contributed by atoms with Crippen molar-refractivity contribution in [3.8, 4) is 0 Å². The van der Waals surface area contributed by atoms with Gasteiger partial charge in [0.2, 0.25) is 0 Å². The highest BCUT2D eigenvalue weighted by atomic mass is 35.5. The number of carbonyl (C=O) groups is 1. The van der Waals surface area contributed by atoms with Gasteiger partial charge in [0, 0.05) is 12.4 Å². The lowest BCUT2D eigenvalue weighted by Crippen LogP contribution is -2.05. The van der Waals surface area contributed by atoms with Crippen LogP contribution in [0.3, 0.4) is 0 Å². The number of carboxylic acid groups (broad SMARTS) is 1. The van der Waals surface area contributed by atoms with Crippen LogP contribution in [0.15, 0.2) is 29.6 Å². The number of hydrazone groups is 1. The van der Waals surface area contributed by atoms with Crippen molar-refractivity contribution in [1.82, 2.24) is 9.97 Å². The molecule has 0 aliphatic carbocycles. The van der Waals surface area contributed by atoms with Gasteiger partial charge in [-0.15, -0.1) is 0 Å². The Hall–Kier alpha value is -1.89. The molecule has 0 saturated heterocycles. The van der Waals surface area contributed by atoms with E-state index in [4.69, 9.17) is 39.9 Å². The van der Waals surface area contributed by atoms with Crippen LogP contribution in [0.5, 0.6) is 0 Å². The first-order chi connectivity index (χ1) is 10.0. The fraction of sp³-hybridized carbons (Fsp3) is 0. The van der Waals surface area contributed by atoms with E-state index < -0.39 is 11.7 Å². The van der Waals surface area contributed by atoms with Crippen LogP contribution in [-0.4, -0.2) is 27.3 Å². The SMILES string of the molecule is O=C(O)c1nc(Cl)c(Cl)c(NN=Cc2ccncc2)c1Cl. The van der Waals surface area contributed by atoms with Crippen LogP contribution in [0.2, 0.25) is 15.2 Å². The van der Waals surface area contributed by atoms with E-state index in [-0.39, 0.29) is 20.9 Å². The maximum atomic E-state index is 11.0. The number of hydrogen-bond donors (Lipinski definition) is 2. The molecule has 0 bridgehead atoms. The van der Waals surface area contributed by atoms with Crippen LogP contribution in [0.4, 0.5) is 5.69 Å². The van der Waals surface area contributed by atoms with Gasteiger partial charge in [-0.05, 0) is 17.7 Å². The Morgan fingerprint density at radius 1 is 1.24 bits per heavy atom. The topological polar surface area (TPSA) is 87.5 Å². The molecule has 2 aromatic heterocycles. The Morgan fingerprint density at radius 2 is 1.90 bits per heavy atom. The molecule has 9 heteroatoms. The Labute approximate surface area is 134 Å². The van der Waals surface area contributed by atoms with E-state index in [0.29, 0.717) is 0 Å². The number of anilines is 1. The van der Waals surface area contributed by atoms with Gasteiger partial charge < -0.3 is 5.11 Å². The monoisotopic (exact) mass is 344 g/mol. The average Bonchev–Trinajstić information content (AvgIpc) is 2.47. The van der Waals surface area contributed by atoms with Gasteiger partial charge in [0.05, 0.1) is 11.9 Å². The first-order valence-electron chi connectivity index (χ1n) is 5.47. The predicted octanol–water partition coefficient (Wildman–Crippen LogP) is 3.58. The molecule has 0 fully saturated rings. The van der Waals surface area contributed by atoms with E-state index in [0.717, 1.165) is 5.56 Å². The average molecular weight is 346 g/mol. The molecule has 0 radical (unpaired) electrons. The van der Waals surface area contributed by atoms with Crippen molar-refractivity contribution in [2.45, 2.75) is 0 Å². The summed E-state index contributed by atoms with van der Waals surface area (Å²) < 4.78 is 0. The van der Waals surface area contributed by atoms with Crippen molar-refractivity contribution in [2.75, 3.05) is 5.43 Å². The van der Waals surface area contributed by atoms with Crippen LogP contribution in [-0.2, 0) is 0 Å². The van der Waals surface area contributed by atoms with E-state index in [2.05, 4.69) is 20.5 Å². The number of aromatic carboxylic acids is 1. The quantitative estimate of drug-likeness (QED) is 0.502. The van der Waals surface area contributed by atoms with Gasteiger partial charge in [-0.3, -0.25) is 10.4 Å². The highest BCUT2D eigenvalue weighted by Gasteiger charge is 2.20. The lowest BCUT2D eigenvalue weighted by molar-refractivity contribution is 0.0691. The summed E-state index contributed by atoms with van der Waals surface area (Å²) >= 11 is 17.6. The van der Waals surface area contributed by atoms with Gasteiger partial charge in [0.15, 0.2) is 10.8 Å². The molecule has 0 unspecified atom stereocenters. The molecule has 0 aromatic carbocycles. The number of halogens is 3. The van der Waals surface area contributed by atoms with Gasteiger partial charge in [-0.25, -0.2) is 9.78 Å². The van der Waals surface area contributed by atoms with E-state index in [9.17, 15) is 4.79 Å². The van der Waals surface area contributed by atoms with Gasteiger partial charge in [-0.2, -0.15) is 5.10 Å². The lowest BCUT2D eigenvalue weighted by atomic mass is 10.3. The van der Waals surface area contributed by atoms with Crippen molar-refractivity contribution in [3.63, 3.8) is 0 Å². The third-order valence-corrected chi connectivity index (χ3v) is 3.44. The fourth-order valence-electron chi connectivity index (χ4n) is 1.37. The fourth-order valence-corrected chi connectivity index (χ4v) is 2.04. The van der Waals surface area contributed by atoms with E-state index in [1.165, 1.54) is 6.21 Å². The minimum atomic E-state index is -1.32. The molecule has 2 aromatic rings. The zero-order valence-electron chi connectivity index (χ0n) is 10.2. The summed E-state index contributed by atoms with van der Waals surface area (Å²) in [6.07, 6.45) is 4.70. The van der Waals surface area contributed by atoms with E-state index in [1.807, 2.05) is 0 Å². The first-order valence-corrected chi connectivity index (χ1v) is 6.61. The van der Waals surface area contributed by atoms with Crippen LogP contribution < -0.4 is 5.43 Å². The number of hydrogen-bond acceptors (Lipinski definition) is 5. The lowest BCUT2D eigenvalue weighted by Gasteiger charge is -2.09. The van der Waals surface area contributed by atoms with Crippen molar-refractivity contribution in [3.05, 3.63) is 51.0 Å². The van der Waals surface area contributed by atoms with Gasteiger partial charge in [0.1, 0.15) is 10.0 Å². The van der Waals surface area contributed by atoms with Gasteiger partial charge >= 0.3 is 5.97 Å². The summed E-state index contributed by atoms with van der Waals surface area (Å²) in [7, 11) is 0. The Balaban J connectivity index is 2.31. The van der Waals surface area contributed by atoms with Crippen LogP contribution in [0, 0.1) is 0 Å². The van der Waals surface area contributed by atoms with Crippen molar-refractivity contribution < 1.29 is 9.90 Å². The maximum absolute atomic E-state index is 11.0. The minimum Gasteiger partial charge on any atom is -0.476 e. The molecular formula is C12H7Cl3N4O2. The molecule has 0 aliphatic heterocycles. The molecule has 2 N–H and O–H groups in total. The zero-order chi connectivity index (χ0) is 15.4. The zero-order valence-corrected chi connectivity index (χ0v) is 12.5. The van der Waals surface area contributed by atoms with Gasteiger partial charge in [-0.1, -0.05) is 34.8 Å². The minimum absolute atomic E-state index is 0.0152. The van der Waals surface area contributed by atoms with Crippen molar-refractivity contribution in [1.29, 1.82) is 0 Å². The summed E-state index contributed by atoms with van der Waals surface area (Å²) in [5, 5.41) is 12.5. The molecule has 0 atom stereocenters. The molecule has 21 heavy (non-hydrogen) atoms. The summed E-state index contributed by atoms with van der Waals surface area (Å²) in [6, 6.07) is 3.47. The van der Waals surface area contributed by atoms with E-state index >= 15 is 0 Å². The third kappa shape index (κ3) is 3.60. The van der Waals surface area contributed by atoms with Crippen molar-refractivity contribution in [2.24, 2.45) is 5.10 Å². The molecule has 6 nitrogen and oxygen atoms in total. The number of carboxylic acids is 1. The van der Waals surface area contributed by atoms with Crippen molar-refractivity contribution >= 4 is 52.7 Å². The number of nitrogens with one attached hydrogen (secondary N) is 1. The summed E-state index contributed by atoms with van der Waals surface area (Å²) in [6.45, 7) is 0. The van der Waals surface area contributed by atoms with Crippen LogP contribution >= 0.6 is 34.8 Å². The highest BCUT2D eigenvalue weighted by Crippen LogP contribution is 2.36. The second-order valence-electron chi connectivity index (χ2n) is 3.71. The molecule has 108 valence electrons. The molecule has 2 rings (SSSR count). The Kier molecular flexibility index (Phi) is 4.95. The van der Waals surface area contributed by atoms with Crippen LogP contribution in [0.25, 0.3) is 0 Å². The Morgan fingerprint density at radius 3 is 2.52 bits per heavy atom. The third-order valence-electron chi connectivity index (χ3n) is 2.34. The van der Waals surface area contributed by atoms with E-state index in [1.54, 1.807) is 24.5 Å². The predicted molar refractivity (Wildman–Crippen MR) is 81.7 cm³/mol. The largest absolute Gasteiger partial charge is 0.476 e. The highest BCUT2D eigenvalue weighted by molar-refractivity contribution is 6.46. The number of nitrogens with zero attached hydrogens (tertiary/aromatic N) is 3. The molecule has 0 amide bonds. The Bertz CT molecular complexity index is 707. The maximum Gasteiger partial charge on any atom is 0.356 e. The molecule has 0 spiro atoms. The standard InChI is InChI=1S/C12H7Cl3N4O2/c13-7-9(8(14)11(15)18-10(7)12(20)21)19-17-5-6-1-3-16-4-2-6/h1-5H,(H,18,19)(H,20,21). The molecule has 0 saturated carbocycles. The number of rotatable bonds is 4. The first kappa shape index (κ1) is 15.5. The summed E-state index contributed by atoms with van der Waals surface area (Å²) in [5.41, 5.74) is 3.00. The second-order valence-corrected chi connectivity index (χ2v) is 4.82. The summed E-state index contributed by atoms with van der Waals surface area (Å²) in [5.74, 6) is -1.32. The number of pyridine rings is 2. The second kappa shape index (κ2) is 6.71. The molecular weight excluding hydrogens is 339 g/mol. The number of aromatic nitrogens is 2. The van der Waals surface area contributed by atoms with Gasteiger partial charge in [0.25, 0.3) is 0 Å². The molecule has 2 heterocycles. The smallest absolute Gasteiger partial charge is 0.356 e. The normalized spacial score (nSPS) is 10.8.